The number of likely N-dealkylation sites (tertiary alicyclic amines) is 1. The molecule has 158 valence electrons. The molecule has 0 bridgehead atoms. The SMILES string of the molecule is CCOC(=O)c1nc2n(c(=O)c1O)CCOC21CCN(C(=O)c2ccccc2)CC1. The zero-order chi connectivity index (χ0) is 21.3. The van der Waals surface area contributed by atoms with Crippen molar-refractivity contribution in [3.63, 3.8) is 0 Å². The van der Waals surface area contributed by atoms with Crippen molar-refractivity contribution in [1.82, 2.24) is 14.5 Å². The molecule has 1 aromatic carbocycles. The number of aromatic hydroxyl groups is 1. The molecule has 0 aliphatic carbocycles. The number of hydrogen-bond donors (Lipinski definition) is 1. The van der Waals surface area contributed by atoms with Crippen molar-refractivity contribution in [2.75, 3.05) is 26.3 Å². The number of piperidine rings is 1. The molecule has 9 nitrogen and oxygen atoms in total. The number of fused-ring (bicyclic) bond motifs is 2. The molecule has 1 N–H and O–H groups in total. The number of benzene rings is 1. The van der Waals surface area contributed by atoms with E-state index < -0.39 is 28.6 Å². The molecular weight excluding hydrogens is 390 g/mol. The molecule has 2 aliphatic rings. The summed E-state index contributed by atoms with van der Waals surface area (Å²) in [5.74, 6) is -1.34. The summed E-state index contributed by atoms with van der Waals surface area (Å²) < 4.78 is 12.3. The number of carbonyl (C=O) groups is 2. The maximum atomic E-state index is 12.8. The van der Waals surface area contributed by atoms with Crippen LogP contribution in [0.4, 0.5) is 0 Å². The standard InChI is InChI=1S/C21H23N3O6/c1-2-29-19(28)15-16(25)18(27)24-12-13-30-21(20(24)22-15)8-10-23(11-9-21)17(26)14-6-4-3-5-7-14/h3-7,25H,2,8-13H2,1H3. The van der Waals surface area contributed by atoms with Gasteiger partial charge < -0.3 is 19.5 Å². The highest BCUT2D eigenvalue weighted by Gasteiger charge is 2.45. The number of nitrogens with zero attached hydrogens (tertiary/aromatic N) is 3. The average molecular weight is 413 g/mol. The number of esters is 1. The monoisotopic (exact) mass is 413 g/mol. The molecule has 0 radical (unpaired) electrons. The zero-order valence-corrected chi connectivity index (χ0v) is 16.7. The van der Waals surface area contributed by atoms with Crippen molar-refractivity contribution < 1.29 is 24.2 Å². The lowest BCUT2D eigenvalue weighted by atomic mass is 9.88. The van der Waals surface area contributed by atoms with Crippen LogP contribution in [0.5, 0.6) is 5.75 Å². The van der Waals surface area contributed by atoms with Crippen molar-refractivity contribution >= 4 is 11.9 Å². The molecule has 2 aromatic rings. The van der Waals surface area contributed by atoms with Crippen LogP contribution in [0.3, 0.4) is 0 Å². The van der Waals surface area contributed by atoms with Gasteiger partial charge in [-0.1, -0.05) is 18.2 Å². The second-order valence-corrected chi connectivity index (χ2v) is 7.31. The van der Waals surface area contributed by atoms with E-state index in [0.29, 0.717) is 37.3 Å². The van der Waals surface area contributed by atoms with Crippen LogP contribution in [0.15, 0.2) is 35.1 Å². The first kappa shape index (κ1) is 20.1. The molecule has 1 amide bonds. The summed E-state index contributed by atoms with van der Waals surface area (Å²) in [5, 5.41) is 10.2. The van der Waals surface area contributed by atoms with Gasteiger partial charge in [0, 0.05) is 31.5 Å². The van der Waals surface area contributed by atoms with Gasteiger partial charge >= 0.3 is 5.97 Å². The smallest absolute Gasteiger partial charge is 0.361 e. The predicted molar refractivity (Wildman–Crippen MR) is 105 cm³/mol. The van der Waals surface area contributed by atoms with Crippen molar-refractivity contribution in [1.29, 1.82) is 0 Å². The molecule has 1 spiro atoms. The molecule has 0 saturated carbocycles. The van der Waals surface area contributed by atoms with E-state index in [4.69, 9.17) is 9.47 Å². The fraction of sp³-hybridized carbons (Fsp3) is 0.429. The van der Waals surface area contributed by atoms with E-state index >= 15 is 0 Å². The molecule has 9 heteroatoms. The van der Waals surface area contributed by atoms with Gasteiger partial charge in [-0.3, -0.25) is 14.2 Å². The van der Waals surface area contributed by atoms with Gasteiger partial charge in [-0.2, -0.15) is 0 Å². The van der Waals surface area contributed by atoms with Crippen LogP contribution in [-0.4, -0.2) is 57.7 Å². The maximum absolute atomic E-state index is 12.8. The minimum Gasteiger partial charge on any atom is -0.501 e. The Hall–Kier alpha value is -3.20. The summed E-state index contributed by atoms with van der Waals surface area (Å²) in [7, 11) is 0. The molecule has 4 rings (SSSR count). The summed E-state index contributed by atoms with van der Waals surface area (Å²) in [6.07, 6.45) is 0.843. The predicted octanol–water partition coefficient (Wildman–Crippen LogP) is 1.29. The zero-order valence-electron chi connectivity index (χ0n) is 16.7. The van der Waals surface area contributed by atoms with Crippen LogP contribution in [0, 0.1) is 0 Å². The first-order valence-corrected chi connectivity index (χ1v) is 9.96. The van der Waals surface area contributed by atoms with Gasteiger partial charge in [0.25, 0.3) is 11.5 Å². The van der Waals surface area contributed by atoms with E-state index in [1.165, 1.54) is 4.57 Å². The highest BCUT2D eigenvalue weighted by atomic mass is 16.5. The van der Waals surface area contributed by atoms with Gasteiger partial charge in [0.2, 0.25) is 5.75 Å². The molecule has 30 heavy (non-hydrogen) atoms. The normalized spacial score (nSPS) is 17.4. The lowest BCUT2D eigenvalue weighted by Gasteiger charge is -2.44. The first-order valence-electron chi connectivity index (χ1n) is 9.96. The summed E-state index contributed by atoms with van der Waals surface area (Å²) in [6.45, 7) is 3.06. The second-order valence-electron chi connectivity index (χ2n) is 7.31. The van der Waals surface area contributed by atoms with Crippen molar-refractivity contribution in [2.24, 2.45) is 0 Å². The number of carbonyl (C=O) groups excluding carboxylic acids is 2. The summed E-state index contributed by atoms with van der Waals surface area (Å²) >= 11 is 0. The van der Waals surface area contributed by atoms with Crippen LogP contribution >= 0.6 is 0 Å². The van der Waals surface area contributed by atoms with Crippen LogP contribution in [0.1, 0.15) is 46.4 Å². The van der Waals surface area contributed by atoms with E-state index in [0.717, 1.165) is 0 Å². The third kappa shape index (κ3) is 3.35. The van der Waals surface area contributed by atoms with E-state index in [1.54, 1.807) is 24.0 Å². The van der Waals surface area contributed by atoms with Crippen molar-refractivity contribution in [2.45, 2.75) is 31.9 Å². The van der Waals surface area contributed by atoms with Crippen molar-refractivity contribution in [3.8, 4) is 5.75 Å². The third-order valence-electron chi connectivity index (χ3n) is 5.59. The second kappa shape index (κ2) is 7.91. The Morgan fingerprint density at radius 1 is 1.20 bits per heavy atom. The van der Waals surface area contributed by atoms with Crippen LogP contribution in [0.25, 0.3) is 0 Å². The Morgan fingerprint density at radius 2 is 1.90 bits per heavy atom. The van der Waals surface area contributed by atoms with Crippen molar-refractivity contribution in [3.05, 3.63) is 57.8 Å². The fourth-order valence-corrected chi connectivity index (χ4v) is 4.04. The van der Waals surface area contributed by atoms with Crippen LogP contribution in [0.2, 0.25) is 0 Å². The fourth-order valence-electron chi connectivity index (χ4n) is 4.04. The Labute approximate surface area is 172 Å². The quantitative estimate of drug-likeness (QED) is 0.755. The number of ether oxygens (including phenoxy) is 2. The number of aromatic nitrogens is 2. The number of hydrogen-bond acceptors (Lipinski definition) is 7. The van der Waals surface area contributed by atoms with E-state index in [1.807, 2.05) is 18.2 Å². The molecule has 1 saturated heterocycles. The Bertz CT molecular complexity index is 1030. The van der Waals surface area contributed by atoms with Gasteiger partial charge in [-0.05, 0) is 19.1 Å². The van der Waals surface area contributed by atoms with Gasteiger partial charge in [0.1, 0.15) is 11.4 Å². The van der Waals surface area contributed by atoms with Crippen LogP contribution < -0.4 is 5.56 Å². The van der Waals surface area contributed by atoms with Crippen LogP contribution in [-0.2, 0) is 21.6 Å². The lowest BCUT2D eigenvalue weighted by Crippen LogP contribution is -2.52. The maximum Gasteiger partial charge on any atom is 0.361 e. The highest BCUT2D eigenvalue weighted by Crippen LogP contribution is 2.38. The van der Waals surface area contributed by atoms with E-state index in [9.17, 15) is 19.5 Å². The largest absolute Gasteiger partial charge is 0.501 e. The molecule has 1 aromatic heterocycles. The van der Waals surface area contributed by atoms with E-state index in [2.05, 4.69) is 4.98 Å². The molecular formula is C21H23N3O6. The summed E-state index contributed by atoms with van der Waals surface area (Å²) in [6, 6.07) is 9.04. The van der Waals surface area contributed by atoms with Gasteiger partial charge in [0.05, 0.1) is 19.8 Å². The topological polar surface area (TPSA) is 111 Å². The molecule has 2 aliphatic heterocycles. The number of rotatable bonds is 3. The Kier molecular flexibility index (Phi) is 5.29. The van der Waals surface area contributed by atoms with E-state index in [-0.39, 0.29) is 25.7 Å². The van der Waals surface area contributed by atoms with Gasteiger partial charge in [-0.15, -0.1) is 0 Å². The Morgan fingerprint density at radius 3 is 2.57 bits per heavy atom. The minimum atomic E-state index is -0.903. The van der Waals surface area contributed by atoms with Gasteiger partial charge in [-0.25, -0.2) is 9.78 Å². The summed E-state index contributed by atoms with van der Waals surface area (Å²) in [5.41, 5.74) is -1.38. The molecule has 1 fully saturated rings. The summed E-state index contributed by atoms with van der Waals surface area (Å²) in [4.78, 5) is 43.7. The number of amides is 1. The first-order chi connectivity index (χ1) is 14.5. The highest BCUT2D eigenvalue weighted by molar-refractivity contribution is 5.94. The molecule has 0 atom stereocenters. The molecule has 0 unspecified atom stereocenters. The molecule has 3 heterocycles. The van der Waals surface area contributed by atoms with Gasteiger partial charge in [0.15, 0.2) is 5.69 Å². The minimum absolute atomic E-state index is 0.0653. The average Bonchev–Trinajstić information content (AvgIpc) is 2.77. The Balaban J connectivity index is 1.64. The lowest BCUT2D eigenvalue weighted by molar-refractivity contribution is -0.113. The third-order valence-corrected chi connectivity index (χ3v) is 5.59.